The zero-order chi connectivity index (χ0) is 14.8. The Morgan fingerprint density at radius 2 is 1.95 bits per heavy atom. The summed E-state index contributed by atoms with van der Waals surface area (Å²) >= 11 is 0. The molecule has 0 heterocycles. The molecule has 20 heavy (non-hydrogen) atoms. The van der Waals surface area contributed by atoms with E-state index in [4.69, 9.17) is 9.84 Å². The van der Waals surface area contributed by atoms with Crippen molar-refractivity contribution in [3.63, 3.8) is 0 Å². The van der Waals surface area contributed by atoms with Gasteiger partial charge >= 0.3 is 0 Å². The summed E-state index contributed by atoms with van der Waals surface area (Å²) in [5.41, 5.74) is 1.26. The minimum absolute atomic E-state index is 0.0450. The Balaban J connectivity index is 2.64. The topological polar surface area (TPSA) is 44.7 Å². The lowest BCUT2D eigenvalue weighted by Gasteiger charge is -2.26. The molecule has 4 heteroatoms. The molecule has 0 fully saturated rings. The lowest BCUT2D eigenvalue weighted by Crippen LogP contribution is -2.34. The normalized spacial score (nSPS) is 12.7. The third-order valence-electron chi connectivity index (χ3n) is 3.42. The van der Waals surface area contributed by atoms with E-state index in [9.17, 15) is 0 Å². The number of hydrogen-bond acceptors (Lipinski definition) is 4. The molecule has 114 valence electrons. The predicted molar refractivity (Wildman–Crippen MR) is 83.2 cm³/mol. The summed E-state index contributed by atoms with van der Waals surface area (Å²) in [4.78, 5) is 2.46. The van der Waals surface area contributed by atoms with Gasteiger partial charge in [-0.15, -0.1) is 0 Å². The number of likely N-dealkylation sites (N-methyl/N-ethyl adjacent to an activating group) is 2. The van der Waals surface area contributed by atoms with Gasteiger partial charge in [-0.3, -0.25) is 0 Å². The average molecular weight is 280 g/mol. The van der Waals surface area contributed by atoms with E-state index in [1.807, 2.05) is 19.2 Å². The minimum Gasteiger partial charge on any atom is -0.491 e. The van der Waals surface area contributed by atoms with Gasteiger partial charge in [0.25, 0.3) is 0 Å². The van der Waals surface area contributed by atoms with Crippen LogP contribution in [0.1, 0.15) is 31.9 Å². The molecule has 0 aliphatic heterocycles. The first-order chi connectivity index (χ1) is 9.74. The van der Waals surface area contributed by atoms with E-state index < -0.39 is 0 Å². The highest BCUT2D eigenvalue weighted by atomic mass is 16.5. The first-order valence-corrected chi connectivity index (χ1v) is 7.48. The number of nitrogens with zero attached hydrogens (tertiary/aromatic N) is 1. The van der Waals surface area contributed by atoms with Crippen molar-refractivity contribution in [2.45, 2.75) is 26.3 Å². The van der Waals surface area contributed by atoms with Crippen molar-refractivity contribution in [1.82, 2.24) is 10.2 Å². The summed E-state index contributed by atoms with van der Waals surface area (Å²) in [5, 5.41) is 12.1. The SMILES string of the molecule is CCCN(CC)CC(NC)c1ccc(OCCO)cc1. The molecule has 0 amide bonds. The lowest BCUT2D eigenvalue weighted by atomic mass is 10.1. The predicted octanol–water partition coefficient (Wildman–Crippen LogP) is 2.05. The lowest BCUT2D eigenvalue weighted by molar-refractivity contribution is 0.201. The zero-order valence-electron chi connectivity index (χ0n) is 12.9. The molecular weight excluding hydrogens is 252 g/mol. The van der Waals surface area contributed by atoms with Crippen molar-refractivity contribution in [3.8, 4) is 5.75 Å². The van der Waals surface area contributed by atoms with Crippen molar-refractivity contribution >= 4 is 0 Å². The van der Waals surface area contributed by atoms with Crippen LogP contribution in [-0.4, -0.2) is 49.9 Å². The van der Waals surface area contributed by atoms with Crippen molar-refractivity contribution < 1.29 is 9.84 Å². The van der Waals surface area contributed by atoms with Crippen LogP contribution in [0, 0.1) is 0 Å². The number of ether oxygens (including phenoxy) is 1. The largest absolute Gasteiger partial charge is 0.491 e. The highest BCUT2D eigenvalue weighted by Gasteiger charge is 2.13. The minimum atomic E-state index is 0.0450. The van der Waals surface area contributed by atoms with Gasteiger partial charge in [0.2, 0.25) is 0 Å². The standard InChI is InChI=1S/C16H28N2O2/c1-4-10-18(5-2)13-16(17-3)14-6-8-15(9-7-14)20-12-11-19/h6-9,16-17,19H,4-5,10-13H2,1-3H3. The summed E-state index contributed by atoms with van der Waals surface area (Å²) in [6.07, 6.45) is 1.18. The van der Waals surface area contributed by atoms with Crippen LogP contribution in [0.25, 0.3) is 0 Å². The number of rotatable bonds is 10. The van der Waals surface area contributed by atoms with Crippen LogP contribution in [0.4, 0.5) is 0 Å². The van der Waals surface area contributed by atoms with Crippen LogP contribution in [0.3, 0.4) is 0 Å². The van der Waals surface area contributed by atoms with E-state index in [0.717, 1.165) is 25.4 Å². The highest BCUT2D eigenvalue weighted by molar-refractivity contribution is 5.29. The van der Waals surface area contributed by atoms with Gasteiger partial charge in [0.1, 0.15) is 12.4 Å². The zero-order valence-corrected chi connectivity index (χ0v) is 12.9. The number of hydrogen-bond donors (Lipinski definition) is 2. The van der Waals surface area contributed by atoms with E-state index in [-0.39, 0.29) is 6.61 Å². The first-order valence-electron chi connectivity index (χ1n) is 7.48. The Morgan fingerprint density at radius 1 is 1.25 bits per heavy atom. The monoisotopic (exact) mass is 280 g/mol. The van der Waals surface area contributed by atoms with Gasteiger partial charge in [0.15, 0.2) is 0 Å². The average Bonchev–Trinajstić information content (AvgIpc) is 2.50. The van der Waals surface area contributed by atoms with E-state index >= 15 is 0 Å². The molecule has 0 aliphatic rings. The molecule has 1 unspecified atom stereocenters. The fraction of sp³-hybridized carbons (Fsp3) is 0.625. The Hall–Kier alpha value is -1.10. The third-order valence-corrected chi connectivity index (χ3v) is 3.42. The first kappa shape index (κ1) is 17.0. The molecule has 1 atom stereocenters. The van der Waals surface area contributed by atoms with E-state index in [2.05, 4.69) is 36.2 Å². The maximum absolute atomic E-state index is 8.74. The molecule has 0 aromatic heterocycles. The van der Waals surface area contributed by atoms with Gasteiger partial charge in [-0.2, -0.15) is 0 Å². The second kappa shape index (κ2) is 9.75. The molecule has 0 bridgehead atoms. The smallest absolute Gasteiger partial charge is 0.119 e. The summed E-state index contributed by atoms with van der Waals surface area (Å²) in [7, 11) is 2.00. The molecule has 0 aliphatic carbocycles. The van der Waals surface area contributed by atoms with Crippen molar-refractivity contribution in [2.75, 3.05) is 39.9 Å². The Bertz CT molecular complexity index is 354. The summed E-state index contributed by atoms with van der Waals surface area (Å²) < 4.78 is 5.38. The number of nitrogens with one attached hydrogen (secondary N) is 1. The van der Waals surface area contributed by atoms with Gasteiger partial charge in [-0.25, -0.2) is 0 Å². The van der Waals surface area contributed by atoms with Crippen LogP contribution in [0.2, 0.25) is 0 Å². The number of aliphatic hydroxyl groups is 1. The molecule has 0 saturated heterocycles. The molecule has 1 aromatic carbocycles. The van der Waals surface area contributed by atoms with Gasteiger partial charge in [-0.1, -0.05) is 26.0 Å². The molecule has 1 rings (SSSR count). The van der Waals surface area contributed by atoms with Crippen LogP contribution in [0.5, 0.6) is 5.75 Å². The van der Waals surface area contributed by atoms with Crippen LogP contribution in [0.15, 0.2) is 24.3 Å². The van der Waals surface area contributed by atoms with Crippen LogP contribution in [-0.2, 0) is 0 Å². The second-order valence-electron chi connectivity index (χ2n) is 4.88. The van der Waals surface area contributed by atoms with Gasteiger partial charge in [0.05, 0.1) is 6.61 Å². The molecule has 2 N–H and O–H groups in total. The fourth-order valence-corrected chi connectivity index (χ4v) is 2.28. The number of benzene rings is 1. The van der Waals surface area contributed by atoms with Gasteiger partial charge < -0.3 is 20.1 Å². The van der Waals surface area contributed by atoms with Crippen molar-refractivity contribution in [1.29, 1.82) is 0 Å². The van der Waals surface area contributed by atoms with Crippen molar-refractivity contribution in [3.05, 3.63) is 29.8 Å². The Morgan fingerprint density at radius 3 is 2.45 bits per heavy atom. The molecule has 0 radical (unpaired) electrons. The third kappa shape index (κ3) is 5.49. The summed E-state index contributed by atoms with van der Waals surface area (Å²) in [6, 6.07) is 8.44. The van der Waals surface area contributed by atoms with E-state index in [1.54, 1.807) is 0 Å². The van der Waals surface area contributed by atoms with Crippen molar-refractivity contribution in [2.24, 2.45) is 0 Å². The second-order valence-corrected chi connectivity index (χ2v) is 4.88. The fourth-order valence-electron chi connectivity index (χ4n) is 2.28. The molecule has 4 nitrogen and oxygen atoms in total. The maximum atomic E-state index is 8.74. The van der Waals surface area contributed by atoms with Gasteiger partial charge in [0, 0.05) is 12.6 Å². The Kier molecular flexibility index (Phi) is 8.26. The molecular formula is C16H28N2O2. The summed E-state index contributed by atoms with van der Waals surface area (Å²) in [6.45, 7) is 8.02. The van der Waals surface area contributed by atoms with E-state index in [1.165, 1.54) is 12.0 Å². The maximum Gasteiger partial charge on any atom is 0.119 e. The van der Waals surface area contributed by atoms with Crippen LogP contribution >= 0.6 is 0 Å². The Labute approximate surface area is 122 Å². The quantitative estimate of drug-likeness (QED) is 0.688. The molecule has 0 spiro atoms. The van der Waals surface area contributed by atoms with Crippen LogP contribution < -0.4 is 10.1 Å². The summed E-state index contributed by atoms with van der Waals surface area (Å²) in [5.74, 6) is 0.804. The molecule has 0 saturated carbocycles. The van der Waals surface area contributed by atoms with E-state index in [0.29, 0.717) is 12.6 Å². The van der Waals surface area contributed by atoms with Gasteiger partial charge in [-0.05, 0) is 44.3 Å². The number of aliphatic hydroxyl groups excluding tert-OH is 1. The highest BCUT2D eigenvalue weighted by Crippen LogP contribution is 2.18. The molecule has 1 aromatic rings.